The van der Waals surface area contributed by atoms with Crippen molar-refractivity contribution in [2.24, 2.45) is 0 Å². The number of para-hydroxylation sites is 1. The van der Waals surface area contributed by atoms with Crippen molar-refractivity contribution in [2.75, 3.05) is 4.90 Å². The van der Waals surface area contributed by atoms with Crippen LogP contribution in [-0.4, -0.2) is 4.57 Å². The first-order valence-electron chi connectivity index (χ1n) is 18.6. The van der Waals surface area contributed by atoms with E-state index >= 15 is 0 Å². The summed E-state index contributed by atoms with van der Waals surface area (Å²) in [6.07, 6.45) is 10.4. The first-order valence-corrected chi connectivity index (χ1v) is 18.6. The molecule has 8 aromatic rings. The van der Waals surface area contributed by atoms with Crippen LogP contribution in [0, 0.1) is 12.3 Å². The van der Waals surface area contributed by atoms with E-state index in [0.717, 1.165) is 56.0 Å². The minimum Gasteiger partial charge on any atom is -0.310 e. The highest BCUT2D eigenvalue weighted by molar-refractivity contribution is 5.96. The fourth-order valence-corrected chi connectivity index (χ4v) is 8.33. The zero-order valence-electron chi connectivity index (χ0n) is 30.8. The third kappa shape index (κ3) is 5.45. The van der Waals surface area contributed by atoms with Gasteiger partial charge in [0.1, 0.15) is 0 Å². The van der Waals surface area contributed by atoms with Crippen molar-refractivity contribution in [3.05, 3.63) is 198 Å². The van der Waals surface area contributed by atoms with Crippen molar-refractivity contribution in [3.63, 3.8) is 0 Å². The third-order valence-corrected chi connectivity index (χ3v) is 11.0. The van der Waals surface area contributed by atoms with Crippen molar-refractivity contribution >= 4 is 34.0 Å². The second-order valence-electron chi connectivity index (χ2n) is 14.5. The molecule has 0 amide bonds. The number of nitrogens with zero attached hydrogens (tertiary/aromatic N) is 2. The van der Waals surface area contributed by atoms with Gasteiger partial charge in [-0.05, 0) is 118 Å². The van der Waals surface area contributed by atoms with Gasteiger partial charge >= 0.3 is 0 Å². The molecule has 0 fully saturated rings. The monoisotopic (exact) mass is 692 g/mol. The molecule has 0 aliphatic heterocycles. The standard InChI is InChI=1S/C52H40N2/c1-5-15-50-44(6-2)47-34-39(26-33-51(47)54(50)40-18-11-8-12-19-40)38-24-29-42(30-25-38)53(41-27-22-37(23-28-41)36-16-9-7-10-17-36)43-31-32-46-45-20-13-14-21-48(45)52(3,4)49(46)35-43/h2,5,7-35H,1,3-4H3/b15-5-. The van der Waals surface area contributed by atoms with E-state index < -0.39 is 0 Å². The van der Waals surface area contributed by atoms with Crippen LogP contribution in [0.3, 0.4) is 0 Å². The van der Waals surface area contributed by atoms with Crippen LogP contribution in [-0.2, 0) is 5.41 Å². The molecule has 2 nitrogen and oxygen atoms in total. The zero-order chi connectivity index (χ0) is 36.8. The number of hydrogen-bond donors (Lipinski definition) is 0. The number of fused-ring (bicyclic) bond motifs is 4. The fourth-order valence-electron chi connectivity index (χ4n) is 8.33. The average molecular weight is 693 g/mol. The van der Waals surface area contributed by atoms with Gasteiger partial charge in [0.2, 0.25) is 0 Å². The maximum atomic E-state index is 6.21. The number of aromatic nitrogens is 1. The topological polar surface area (TPSA) is 8.17 Å². The molecule has 54 heavy (non-hydrogen) atoms. The first kappa shape index (κ1) is 33.0. The first-order chi connectivity index (χ1) is 26.5. The lowest BCUT2D eigenvalue weighted by Crippen LogP contribution is -2.16. The maximum absolute atomic E-state index is 6.21. The summed E-state index contributed by atoms with van der Waals surface area (Å²) >= 11 is 0. The Hall–Kier alpha value is -6.82. The van der Waals surface area contributed by atoms with Crippen molar-refractivity contribution in [1.82, 2.24) is 4.57 Å². The van der Waals surface area contributed by atoms with Crippen molar-refractivity contribution in [2.45, 2.75) is 26.2 Å². The van der Waals surface area contributed by atoms with Crippen molar-refractivity contribution in [1.29, 1.82) is 0 Å². The van der Waals surface area contributed by atoms with Crippen LogP contribution >= 0.6 is 0 Å². The molecule has 0 spiro atoms. The maximum Gasteiger partial charge on any atom is 0.0621 e. The minimum absolute atomic E-state index is 0.100. The summed E-state index contributed by atoms with van der Waals surface area (Å²) < 4.78 is 2.26. The van der Waals surface area contributed by atoms with Gasteiger partial charge in [-0.25, -0.2) is 0 Å². The Bertz CT molecular complexity index is 2720. The molecule has 0 N–H and O–H groups in total. The predicted octanol–water partition coefficient (Wildman–Crippen LogP) is 13.8. The summed E-state index contributed by atoms with van der Waals surface area (Å²) in [4.78, 5) is 2.38. The number of rotatable bonds is 7. The van der Waals surface area contributed by atoms with Crippen LogP contribution in [0.15, 0.2) is 176 Å². The summed E-state index contributed by atoms with van der Waals surface area (Å²) in [5.74, 6) is 3.02. The smallest absolute Gasteiger partial charge is 0.0621 e. The summed E-state index contributed by atoms with van der Waals surface area (Å²) in [6, 6.07) is 61.3. The van der Waals surface area contributed by atoms with Crippen molar-refractivity contribution < 1.29 is 0 Å². The number of terminal acetylenes is 1. The molecule has 0 saturated carbocycles. The van der Waals surface area contributed by atoms with Crippen LogP contribution in [0.2, 0.25) is 0 Å². The lowest BCUT2D eigenvalue weighted by atomic mass is 9.82. The Morgan fingerprint density at radius 2 is 1.11 bits per heavy atom. The van der Waals surface area contributed by atoms with Crippen LogP contribution in [0.5, 0.6) is 0 Å². The molecule has 0 atom stereocenters. The quantitative estimate of drug-likeness (QED) is 0.151. The lowest BCUT2D eigenvalue weighted by Gasteiger charge is -2.28. The van der Waals surface area contributed by atoms with E-state index in [2.05, 4.69) is 205 Å². The molecule has 7 aromatic carbocycles. The third-order valence-electron chi connectivity index (χ3n) is 11.0. The highest BCUT2D eigenvalue weighted by Gasteiger charge is 2.35. The number of benzene rings is 7. The summed E-state index contributed by atoms with van der Waals surface area (Å²) in [6.45, 7) is 6.71. The lowest BCUT2D eigenvalue weighted by molar-refractivity contribution is 0.660. The Kier molecular flexibility index (Phi) is 8.14. The Morgan fingerprint density at radius 3 is 1.78 bits per heavy atom. The molecule has 0 bridgehead atoms. The van der Waals surface area contributed by atoms with Gasteiger partial charge in [-0.15, -0.1) is 6.42 Å². The number of hydrogen-bond acceptors (Lipinski definition) is 1. The van der Waals surface area contributed by atoms with Crippen LogP contribution in [0.25, 0.3) is 56.0 Å². The second-order valence-corrected chi connectivity index (χ2v) is 14.5. The molecule has 0 radical (unpaired) electrons. The molecule has 1 aliphatic rings. The van der Waals surface area contributed by atoms with E-state index in [0.29, 0.717) is 0 Å². The highest BCUT2D eigenvalue weighted by Crippen LogP contribution is 2.50. The summed E-state index contributed by atoms with van der Waals surface area (Å²) in [5, 5.41) is 1.07. The van der Waals surface area contributed by atoms with E-state index in [9.17, 15) is 0 Å². The van der Waals surface area contributed by atoms with E-state index in [-0.39, 0.29) is 5.41 Å². The summed E-state index contributed by atoms with van der Waals surface area (Å²) in [5.41, 5.74) is 17.4. The molecule has 0 unspecified atom stereocenters. The van der Waals surface area contributed by atoms with Crippen LogP contribution in [0.1, 0.15) is 43.2 Å². The molecular formula is C52H40N2. The largest absolute Gasteiger partial charge is 0.310 e. The van der Waals surface area contributed by atoms with E-state index in [1.165, 1.54) is 33.4 Å². The average Bonchev–Trinajstić information content (AvgIpc) is 3.66. The molecule has 0 saturated heterocycles. The van der Waals surface area contributed by atoms with Crippen LogP contribution < -0.4 is 4.90 Å². The number of allylic oxidation sites excluding steroid dienone is 1. The second kappa shape index (κ2) is 13.3. The predicted molar refractivity (Wildman–Crippen MR) is 229 cm³/mol. The van der Waals surface area contributed by atoms with Gasteiger partial charge in [0.25, 0.3) is 0 Å². The molecular weight excluding hydrogens is 653 g/mol. The highest BCUT2D eigenvalue weighted by atomic mass is 15.1. The van der Waals surface area contributed by atoms with Gasteiger partial charge in [0.05, 0.1) is 16.8 Å². The molecule has 1 heterocycles. The summed E-state index contributed by atoms with van der Waals surface area (Å²) in [7, 11) is 0. The molecule has 258 valence electrons. The molecule has 1 aromatic heterocycles. The fraction of sp³-hybridized carbons (Fsp3) is 0.0769. The molecule has 9 rings (SSSR count). The Balaban J connectivity index is 1.14. The van der Waals surface area contributed by atoms with Gasteiger partial charge in [-0.1, -0.05) is 135 Å². The molecule has 1 aliphatic carbocycles. The van der Waals surface area contributed by atoms with E-state index in [4.69, 9.17) is 6.42 Å². The number of anilines is 3. The van der Waals surface area contributed by atoms with E-state index in [1.54, 1.807) is 0 Å². The van der Waals surface area contributed by atoms with Gasteiger partial charge < -0.3 is 9.47 Å². The van der Waals surface area contributed by atoms with Gasteiger partial charge in [0, 0.05) is 33.6 Å². The van der Waals surface area contributed by atoms with Gasteiger partial charge in [-0.3, -0.25) is 0 Å². The minimum atomic E-state index is -0.100. The SMILES string of the molecule is C#Cc1c(/C=C\C)n(-c2ccccc2)c2ccc(-c3ccc(N(c4ccc(-c5ccccc5)cc4)c4ccc5c(c4)C(C)(C)c4ccccc4-5)cc3)cc12. The zero-order valence-corrected chi connectivity index (χ0v) is 30.8. The van der Waals surface area contributed by atoms with Crippen LogP contribution in [0.4, 0.5) is 17.1 Å². The normalized spacial score (nSPS) is 12.8. The van der Waals surface area contributed by atoms with Gasteiger partial charge in [0.15, 0.2) is 0 Å². The van der Waals surface area contributed by atoms with Crippen molar-refractivity contribution in [3.8, 4) is 51.4 Å². The Labute approximate surface area is 318 Å². The van der Waals surface area contributed by atoms with Gasteiger partial charge in [-0.2, -0.15) is 0 Å². The van der Waals surface area contributed by atoms with E-state index in [1.807, 2.05) is 13.0 Å². The molecule has 2 heteroatoms. The Morgan fingerprint density at radius 1 is 0.556 bits per heavy atom.